The maximum Gasteiger partial charge on any atom is 0.237 e. The van der Waals surface area contributed by atoms with Crippen molar-refractivity contribution in [2.45, 2.75) is 18.9 Å². The summed E-state index contributed by atoms with van der Waals surface area (Å²) in [7, 11) is -2.02. The Balaban J connectivity index is 1.73. The number of halogens is 1. The molecule has 0 fully saturated rings. The minimum absolute atomic E-state index is 0.321. The molecule has 28 heavy (non-hydrogen) atoms. The Morgan fingerprint density at radius 2 is 1.96 bits per heavy atom. The molecule has 2 aromatic carbocycles. The highest BCUT2D eigenvalue weighted by atomic mass is 32.2. The third-order valence-electron chi connectivity index (χ3n) is 4.93. The van der Waals surface area contributed by atoms with Gasteiger partial charge in [0.2, 0.25) is 10.0 Å². The number of hydrogen-bond acceptors (Lipinski definition) is 3. The predicted molar refractivity (Wildman–Crippen MR) is 106 cm³/mol. The molecule has 0 spiro atoms. The first-order valence-corrected chi connectivity index (χ1v) is 10.5. The van der Waals surface area contributed by atoms with Gasteiger partial charge in [0.25, 0.3) is 0 Å². The summed E-state index contributed by atoms with van der Waals surface area (Å²) in [5, 5.41) is 0. The van der Waals surface area contributed by atoms with Crippen LogP contribution in [-0.2, 0) is 23.5 Å². The van der Waals surface area contributed by atoms with Gasteiger partial charge in [0.15, 0.2) is 0 Å². The number of fused-ring (bicyclic) bond motifs is 1. The van der Waals surface area contributed by atoms with Crippen molar-refractivity contribution in [1.29, 1.82) is 0 Å². The second-order valence-corrected chi connectivity index (χ2v) is 8.58. The van der Waals surface area contributed by atoms with Gasteiger partial charge in [0, 0.05) is 19.4 Å². The maximum absolute atomic E-state index is 13.8. The number of hydrogen-bond donors (Lipinski definition) is 1. The largest absolute Gasteiger partial charge is 0.336 e. The quantitative estimate of drug-likeness (QED) is 0.716. The smallest absolute Gasteiger partial charge is 0.237 e. The summed E-state index contributed by atoms with van der Waals surface area (Å²) in [6.45, 7) is 0. The zero-order valence-electron chi connectivity index (χ0n) is 15.3. The number of nitrogens with one attached hydrogen (secondary N) is 1. The summed E-state index contributed by atoms with van der Waals surface area (Å²) in [4.78, 5) is 4.60. The second kappa shape index (κ2) is 7.33. The van der Waals surface area contributed by atoms with Gasteiger partial charge in [-0.2, -0.15) is 4.72 Å². The van der Waals surface area contributed by atoms with Gasteiger partial charge in [-0.1, -0.05) is 36.4 Å². The zero-order chi connectivity index (χ0) is 19.7. The van der Waals surface area contributed by atoms with Crippen LogP contribution in [0.15, 0.2) is 65.8 Å². The van der Waals surface area contributed by atoms with Crippen LogP contribution < -0.4 is 4.72 Å². The van der Waals surface area contributed by atoms with Gasteiger partial charge < -0.3 is 4.57 Å². The number of rotatable bonds is 5. The Kier molecular flexibility index (Phi) is 4.87. The molecule has 0 saturated carbocycles. The summed E-state index contributed by atoms with van der Waals surface area (Å²) in [5.41, 5.74) is 2.54. The third-order valence-corrected chi connectivity index (χ3v) is 6.49. The van der Waals surface area contributed by atoms with Gasteiger partial charge in [0.1, 0.15) is 17.7 Å². The molecule has 1 unspecified atom stereocenters. The Morgan fingerprint density at radius 1 is 1.14 bits per heavy atom. The van der Waals surface area contributed by atoms with Gasteiger partial charge in [0.05, 0.1) is 4.91 Å². The molecule has 1 aliphatic carbocycles. The lowest BCUT2D eigenvalue weighted by atomic mass is 9.98. The Morgan fingerprint density at radius 3 is 2.71 bits per heavy atom. The first kappa shape index (κ1) is 18.6. The van der Waals surface area contributed by atoms with Crippen molar-refractivity contribution in [2.75, 3.05) is 0 Å². The van der Waals surface area contributed by atoms with E-state index >= 15 is 0 Å². The highest BCUT2D eigenvalue weighted by Gasteiger charge is 2.28. The average Bonchev–Trinajstić information content (AvgIpc) is 3.11. The summed E-state index contributed by atoms with van der Waals surface area (Å²) in [5.74, 6) is 0.0627. The van der Waals surface area contributed by atoms with Crippen molar-refractivity contribution >= 4 is 16.1 Å². The number of allylic oxidation sites excluding steroid dienone is 1. The fraction of sp³-hybridized carbons (Fsp3) is 0.190. The van der Waals surface area contributed by atoms with E-state index in [0.717, 1.165) is 11.1 Å². The van der Waals surface area contributed by atoms with E-state index < -0.39 is 21.9 Å². The number of benzene rings is 2. The molecule has 7 heteroatoms. The molecule has 0 bridgehead atoms. The van der Waals surface area contributed by atoms with Crippen molar-refractivity contribution in [3.05, 3.63) is 94.2 Å². The number of nitrogens with zero attached hydrogens (tertiary/aromatic N) is 2. The zero-order valence-corrected chi connectivity index (χ0v) is 16.2. The highest BCUT2D eigenvalue weighted by Crippen LogP contribution is 2.29. The van der Waals surface area contributed by atoms with E-state index in [1.807, 2.05) is 24.3 Å². The van der Waals surface area contributed by atoms with Gasteiger partial charge >= 0.3 is 0 Å². The molecule has 5 nitrogen and oxygen atoms in total. The fourth-order valence-electron chi connectivity index (χ4n) is 3.46. The third kappa shape index (κ3) is 3.63. The Hall–Kier alpha value is -2.77. The average molecular weight is 397 g/mol. The van der Waals surface area contributed by atoms with E-state index in [-0.39, 0.29) is 0 Å². The van der Waals surface area contributed by atoms with E-state index in [4.69, 9.17) is 0 Å². The predicted octanol–water partition coefficient (Wildman–Crippen LogP) is 3.56. The van der Waals surface area contributed by atoms with Crippen LogP contribution in [0.4, 0.5) is 4.39 Å². The van der Waals surface area contributed by atoms with Gasteiger partial charge in [-0.3, -0.25) is 0 Å². The summed E-state index contributed by atoms with van der Waals surface area (Å²) in [6, 6.07) is 12.9. The van der Waals surface area contributed by atoms with Crippen molar-refractivity contribution in [3.63, 3.8) is 0 Å². The molecule has 0 amide bonds. The van der Waals surface area contributed by atoms with Gasteiger partial charge in [-0.05, 0) is 47.7 Å². The van der Waals surface area contributed by atoms with Crippen molar-refractivity contribution < 1.29 is 12.8 Å². The standard InChI is InChI=1S/C21H20FN3O2S/c1-25-12-11-23-21(25)20(17-7-4-8-18(22)13-17)24-28(26,27)19-10-9-15-5-2-3-6-16(15)14-19/h2-8,11-14,20,24H,9-10H2,1H3. The first-order valence-electron chi connectivity index (χ1n) is 8.97. The van der Waals surface area contributed by atoms with Crippen LogP contribution in [-0.4, -0.2) is 18.0 Å². The number of imidazole rings is 1. The van der Waals surface area contributed by atoms with Crippen LogP contribution in [0.5, 0.6) is 0 Å². The lowest BCUT2D eigenvalue weighted by Crippen LogP contribution is -2.32. The van der Waals surface area contributed by atoms with E-state index in [9.17, 15) is 12.8 Å². The molecule has 1 heterocycles. The molecule has 3 aromatic rings. The number of sulfonamides is 1. The Labute approximate surface area is 163 Å². The number of aryl methyl sites for hydroxylation is 2. The lowest BCUT2D eigenvalue weighted by molar-refractivity contribution is 0.564. The molecule has 0 aliphatic heterocycles. The van der Waals surface area contributed by atoms with Crippen LogP contribution in [0, 0.1) is 5.82 Å². The minimum atomic E-state index is -3.79. The molecular weight excluding hydrogens is 377 g/mol. The fourth-order valence-corrected chi connectivity index (χ4v) is 4.82. The number of aromatic nitrogens is 2. The van der Waals surface area contributed by atoms with Crippen molar-refractivity contribution in [1.82, 2.24) is 14.3 Å². The lowest BCUT2D eigenvalue weighted by Gasteiger charge is -2.22. The van der Waals surface area contributed by atoms with Gasteiger partial charge in [-0.25, -0.2) is 17.8 Å². The SMILES string of the molecule is Cn1ccnc1C(NS(=O)(=O)C1=Cc2ccccc2CC1)c1cccc(F)c1. The van der Waals surface area contributed by atoms with Gasteiger partial charge in [-0.15, -0.1) is 0 Å². The Bertz CT molecular complexity index is 1150. The van der Waals surface area contributed by atoms with Crippen LogP contribution >= 0.6 is 0 Å². The molecule has 1 aliphatic rings. The first-order chi connectivity index (χ1) is 13.4. The summed E-state index contributed by atoms with van der Waals surface area (Å²) in [6.07, 6.45) is 6.11. The van der Waals surface area contributed by atoms with Crippen LogP contribution in [0.1, 0.15) is 35.0 Å². The van der Waals surface area contributed by atoms with E-state index in [1.165, 1.54) is 12.1 Å². The monoisotopic (exact) mass is 397 g/mol. The molecule has 1 N–H and O–H groups in total. The second-order valence-electron chi connectivity index (χ2n) is 6.82. The molecule has 144 valence electrons. The molecule has 4 rings (SSSR count). The molecule has 1 atom stereocenters. The molecule has 1 aromatic heterocycles. The van der Waals surface area contributed by atoms with E-state index in [2.05, 4.69) is 9.71 Å². The minimum Gasteiger partial charge on any atom is -0.336 e. The van der Waals surface area contributed by atoms with Crippen molar-refractivity contribution in [3.8, 4) is 0 Å². The molecule has 0 radical (unpaired) electrons. The molecule has 0 saturated heterocycles. The molecular formula is C21H20FN3O2S. The van der Waals surface area contributed by atoms with E-state index in [0.29, 0.717) is 29.1 Å². The summed E-state index contributed by atoms with van der Waals surface area (Å²) >= 11 is 0. The highest BCUT2D eigenvalue weighted by molar-refractivity contribution is 7.93. The van der Waals surface area contributed by atoms with Crippen molar-refractivity contribution in [2.24, 2.45) is 7.05 Å². The van der Waals surface area contributed by atoms with Crippen LogP contribution in [0.3, 0.4) is 0 Å². The summed E-state index contributed by atoms with van der Waals surface area (Å²) < 4.78 is 44.6. The maximum atomic E-state index is 13.8. The van der Waals surface area contributed by atoms with Crippen LogP contribution in [0.2, 0.25) is 0 Å². The van der Waals surface area contributed by atoms with Crippen LogP contribution in [0.25, 0.3) is 6.08 Å². The topological polar surface area (TPSA) is 64.0 Å². The van der Waals surface area contributed by atoms with E-state index in [1.54, 1.807) is 42.2 Å². The normalized spacial score (nSPS) is 15.0.